The van der Waals surface area contributed by atoms with E-state index in [0.717, 1.165) is 5.69 Å². The van der Waals surface area contributed by atoms with Gasteiger partial charge in [-0.3, -0.25) is 0 Å². The lowest BCUT2D eigenvalue weighted by Gasteiger charge is -2.05. The molecule has 0 aliphatic carbocycles. The molecule has 7 nitrogen and oxygen atoms in total. The second-order valence-corrected chi connectivity index (χ2v) is 4.09. The van der Waals surface area contributed by atoms with Crippen LogP contribution >= 0.6 is 0 Å². The van der Waals surface area contributed by atoms with Crippen LogP contribution in [0.5, 0.6) is 5.75 Å². The Morgan fingerprint density at radius 1 is 1.55 bits per heavy atom. The molecule has 0 unspecified atom stereocenters. The number of carboxylic acids is 1. The second-order valence-electron chi connectivity index (χ2n) is 4.09. The zero-order valence-corrected chi connectivity index (χ0v) is 11.1. The number of hydrogen-bond donors (Lipinski definition) is 2. The molecule has 0 amide bonds. The first-order chi connectivity index (χ1) is 9.51. The lowest BCUT2D eigenvalue weighted by atomic mass is 10.1. The van der Waals surface area contributed by atoms with E-state index in [1.807, 2.05) is 6.92 Å². The van der Waals surface area contributed by atoms with Crippen LogP contribution in [-0.4, -0.2) is 34.1 Å². The SMILES string of the molecule is COc1cc(C=Nn2cc(C)nc2N)ccc1C(=O)O. The highest BCUT2D eigenvalue weighted by molar-refractivity contribution is 5.92. The molecule has 1 aromatic heterocycles. The molecule has 3 N–H and O–H groups in total. The quantitative estimate of drug-likeness (QED) is 0.819. The molecular weight excluding hydrogens is 260 g/mol. The van der Waals surface area contributed by atoms with Crippen LogP contribution in [0, 0.1) is 6.92 Å². The average molecular weight is 274 g/mol. The Hall–Kier alpha value is -2.83. The first-order valence-corrected chi connectivity index (χ1v) is 5.78. The maximum Gasteiger partial charge on any atom is 0.339 e. The molecule has 0 radical (unpaired) electrons. The number of ether oxygens (including phenoxy) is 1. The largest absolute Gasteiger partial charge is 0.496 e. The molecule has 0 saturated carbocycles. The van der Waals surface area contributed by atoms with Crippen molar-refractivity contribution < 1.29 is 14.6 Å². The summed E-state index contributed by atoms with van der Waals surface area (Å²) in [6, 6.07) is 4.69. The third kappa shape index (κ3) is 2.77. The van der Waals surface area contributed by atoms with Crippen molar-refractivity contribution in [3.63, 3.8) is 0 Å². The minimum Gasteiger partial charge on any atom is -0.496 e. The molecule has 20 heavy (non-hydrogen) atoms. The van der Waals surface area contributed by atoms with Crippen LogP contribution in [-0.2, 0) is 0 Å². The summed E-state index contributed by atoms with van der Waals surface area (Å²) in [4.78, 5) is 15.0. The first-order valence-electron chi connectivity index (χ1n) is 5.78. The topological polar surface area (TPSA) is 103 Å². The fourth-order valence-corrected chi connectivity index (χ4v) is 1.69. The van der Waals surface area contributed by atoms with Crippen molar-refractivity contribution in [2.75, 3.05) is 12.8 Å². The number of nitrogens with two attached hydrogens (primary N) is 1. The van der Waals surface area contributed by atoms with Crippen molar-refractivity contribution in [2.45, 2.75) is 6.92 Å². The molecule has 7 heteroatoms. The van der Waals surface area contributed by atoms with E-state index in [1.165, 1.54) is 17.9 Å². The van der Waals surface area contributed by atoms with Gasteiger partial charge in [-0.25, -0.2) is 14.5 Å². The fourth-order valence-electron chi connectivity index (χ4n) is 1.69. The number of methoxy groups -OCH3 is 1. The van der Waals surface area contributed by atoms with Gasteiger partial charge in [-0.1, -0.05) is 6.07 Å². The summed E-state index contributed by atoms with van der Waals surface area (Å²) in [5.41, 5.74) is 7.22. The number of aromatic nitrogens is 2. The Morgan fingerprint density at radius 3 is 2.85 bits per heavy atom. The highest BCUT2D eigenvalue weighted by Crippen LogP contribution is 2.19. The van der Waals surface area contributed by atoms with Crippen molar-refractivity contribution in [1.29, 1.82) is 0 Å². The van der Waals surface area contributed by atoms with Crippen molar-refractivity contribution in [3.05, 3.63) is 41.2 Å². The third-order valence-electron chi connectivity index (χ3n) is 2.62. The Morgan fingerprint density at radius 2 is 2.30 bits per heavy atom. The molecule has 0 bridgehead atoms. The fraction of sp³-hybridized carbons (Fsp3) is 0.154. The van der Waals surface area contributed by atoms with E-state index in [-0.39, 0.29) is 17.3 Å². The molecule has 2 aromatic rings. The number of carboxylic acid groups (broad SMARTS) is 1. The van der Waals surface area contributed by atoms with Gasteiger partial charge in [-0.15, -0.1) is 0 Å². The smallest absolute Gasteiger partial charge is 0.339 e. The van der Waals surface area contributed by atoms with Crippen molar-refractivity contribution in [2.24, 2.45) is 5.10 Å². The van der Waals surface area contributed by atoms with E-state index in [4.69, 9.17) is 15.6 Å². The van der Waals surface area contributed by atoms with E-state index in [1.54, 1.807) is 24.5 Å². The maximum absolute atomic E-state index is 11.0. The number of hydrogen-bond acceptors (Lipinski definition) is 5. The summed E-state index contributed by atoms with van der Waals surface area (Å²) < 4.78 is 6.48. The zero-order valence-electron chi connectivity index (χ0n) is 11.1. The number of carbonyl (C=O) groups is 1. The molecule has 1 heterocycles. The Labute approximate surface area is 115 Å². The van der Waals surface area contributed by atoms with Gasteiger partial charge in [-0.2, -0.15) is 5.10 Å². The van der Waals surface area contributed by atoms with Crippen molar-refractivity contribution in [3.8, 4) is 5.75 Å². The van der Waals surface area contributed by atoms with Gasteiger partial charge in [0.15, 0.2) is 0 Å². The Bertz CT molecular complexity index is 676. The first kappa shape index (κ1) is 13.6. The number of aromatic carboxylic acids is 1. The second kappa shape index (κ2) is 5.43. The molecule has 2 rings (SSSR count). The summed E-state index contributed by atoms with van der Waals surface area (Å²) in [6.45, 7) is 1.81. The molecule has 0 fully saturated rings. The number of imidazole rings is 1. The van der Waals surface area contributed by atoms with Gasteiger partial charge in [0.2, 0.25) is 5.95 Å². The van der Waals surface area contributed by atoms with Gasteiger partial charge in [0, 0.05) is 0 Å². The molecular formula is C13H14N4O3. The van der Waals surface area contributed by atoms with Crippen molar-refractivity contribution in [1.82, 2.24) is 9.66 Å². The highest BCUT2D eigenvalue weighted by Gasteiger charge is 2.10. The average Bonchev–Trinajstić information content (AvgIpc) is 2.74. The lowest BCUT2D eigenvalue weighted by molar-refractivity contribution is 0.0693. The van der Waals surface area contributed by atoms with Crippen LogP contribution < -0.4 is 10.5 Å². The summed E-state index contributed by atoms with van der Waals surface area (Å²) in [6.07, 6.45) is 3.24. The summed E-state index contributed by atoms with van der Waals surface area (Å²) in [5.74, 6) is -0.482. The zero-order chi connectivity index (χ0) is 14.7. The number of aryl methyl sites for hydroxylation is 1. The molecule has 1 aromatic carbocycles. The monoisotopic (exact) mass is 274 g/mol. The molecule has 0 aliphatic rings. The molecule has 0 spiro atoms. The Balaban J connectivity index is 2.30. The predicted octanol–water partition coefficient (Wildman–Crippen LogP) is 1.36. The minimum atomic E-state index is -1.04. The normalized spacial score (nSPS) is 10.9. The van der Waals surface area contributed by atoms with Crippen LogP contribution in [0.2, 0.25) is 0 Å². The third-order valence-corrected chi connectivity index (χ3v) is 2.62. The van der Waals surface area contributed by atoms with E-state index in [2.05, 4.69) is 10.1 Å². The van der Waals surface area contributed by atoms with Gasteiger partial charge in [0.1, 0.15) is 11.3 Å². The van der Waals surface area contributed by atoms with Crippen LogP contribution in [0.25, 0.3) is 0 Å². The predicted molar refractivity (Wildman–Crippen MR) is 74.3 cm³/mol. The van der Waals surface area contributed by atoms with Gasteiger partial charge < -0.3 is 15.6 Å². The standard InChI is InChI=1S/C13H14N4O3/c1-8-7-17(13(14)16-8)15-6-9-3-4-10(12(18)19)11(5-9)20-2/h3-7H,1-2H3,(H2,14,16)(H,18,19). The lowest BCUT2D eigenvalue weighted by Crippen LogP contribution is -2.01. The van der Waals surface area contributed by atoms with Gasteiger partial charge in [0.25, 0.3) is 0 Å². The molecule has 0 saturated heterocycles. The van der Waals surface area contributed by atoms with Crippen LogP contribution in [0.3, 0.4) is 0 Å². The maximum atomic E-state index is 11.0. The van der Waals surface area contributed by atoms with Gasteiger partial charge in [0.05, 0.1) is 25.2 Å². The number of nitrogens with zero attached hydrogens (tertiary/aromatic N) is 3. The number of anilines is 1. The number of rotatable bonds is 4. The van der Waals surface area contributed by atoms with E-state index >= 15 is 0 Å². The summed E-state index contributed by atoms with van der Waals surface area (Å²) in [5, 5.41) is 13.1. The van der Waals surface area contributed by atoms with Gasteiger partial charge in [-0.05, 0) is 24.6 Å². The number of nitrogen functional groups attached to an aromatic ring is 1. The highest BCUT2D eigenvalue weighted by atomic mass is 16.5. The number of benzene rings is 1. The van der Waals surface area contributed by atoms with Gasteiger partial charge >= 0.3 is 5.97 Å². The van der Waals surface area contributed by atoms with E-state index < -0.39 is 5.97 Å². The van der Waals surface area contributed by atoms with E-state index in [9.17, 15) is 4.79 Å². The Kier molecular flexibility index (Phi) is 3.69. The van der Waals surface area contributed by atoms with Crippen LogP contribution in [0.4, 0.5) is 5.95 Å². The summed E-state index contributed by atoms with van der Waals surface area (Å²) in [7, 11) is 1.42. The molecule has 0 atom stereocenters. The van der Waals surface area contributed by atoms with Crippen LogP contribution in [0.1, 0.15) is 21.6 Å². The molecule has 0 aliphatic heterocycles. The minimum absolute atomic E-state index is 0.0997. The van der Waals surface area contributed by atoms with E-state index in [0.29, 0.717) is 5.56 Å². The summed E-state index contributed by atoms with van der Waals surface area (Å²) >= 11 is 0. The van der Waals surface area contributed by atoms with Crippen molar-refractivity contribution >= 4 is 18.1 Å². The molecule has 104 valence electrons. The van der Waals surface area contributed by atoms with Crippen LogP contribution in [0.15, 0.2) is 29.5 Å².